The van der Waals surface area contributed by atoms with Crippen LogP contribution in [0.2, 0.25) is 0 Å². The van der Waals surface area contributed by atoms with Gasteiger partial charge in [0.15, 0.2) is 7.14 Å². The van der Waals surface area contributed by atoms with Crippen molar-refractivity contribution in [2.75, 3.05) is 6.54 Å². The van der Waals surface area contributed by atoms with E-state index in [9.17, 15) is 9.36 Å². The number of benzene rings is 2. The lowest BCUT2D eigenvalue weighted by Gasteiger charge is -2.38. The first-order chi connectivity index (χ1) is 11.5. The number of nitrogens with zero attached hydrogens (tertiary/aromatic N) is 1. The molecule has 2 aromatic carbocycles. The first kappa shape index (κ1) is 17.0. The summed E-state index contributed by atoms with van der Waals surface area (Å²) in [5.41, 5.74) is 0. The van der Waals surface area contributed by atoms with E-state index in [0.717, 1.165) is 17.0 Å². The van der Waals surface area contributed by atoms with Crippen LogP contribution >= 0.6 is 7.14 Å². The monoisotopic (exact) mass is 341 g/mol. The molecule has 24 heavy (non-hydrogen) atoms. The number of likely N-dealkylation sites (tertiary alicyclic amines) is 1. The van der Waals surface area contributed by atoms with Crippen LogP contribution in [0.1, 0.15) is 26.7 Å². The molecule has 0 aromatic heterocycles. The van der Waals surface area contributed by atoms with E-state index in [0.29, 0.717) is 13.0 Å². The summed E-state index contributed by atoms with van der Waals surface area (Å²) in [6, 6.07) is 19.3. The minimum Gasteiger partial charge on any atom is -0.332 e. The fraction of sp³-hybridized carbons (Fsp3) is 0.350. The van der Waals surface area contributed by atoms with Crippen LogP contribution in [0.15, 0.2) is 60.7 Å². The molecule has 0 N–H and O–H groups in total. The van der Waals surface area contributed by atoms with Crippen molar-refractivity contribution in [3.63, 3.8) is 0 Å². The zero-order valence-electron chi connectivity index (χ0n) is 14.3. The molecule has 4 heteroatoms. The van der Waals surface area contributed by atoms with E-state index < -0.39 is 7.14 Å². The van der Waals surface area contributed by atoms with Crippen LogP contribution in [-0.4, -0.2) is 23.1 Å². The average molecular weight is 341 g/mol. The number of hydrogen-bond donors (Lipinski definition) is 0. The summed E-state index contributed by atoms with van der Waals surface area (Å²) in [6.07, 6.45) is 1.42. The second kappa shape index (κ2) is 6.94. The zero-order chi connectivity index (χ0) is 17.2. The largest absolute Gasteiger partial charge is 0.332 e. The van der Waals surface area contributed by atoms with E-state index >= 15 is 0 Å². The van der Waals surface area contributed by atoms with Gasteiger partial charge in [-0.1, -0.05) is 74.5 Å². The van der Waals surface area contributed by atoms with Crippen LogP contribution in [-0.2, 0) is 9.36 Å². The lowest BCUT2D eigenvalue weighted by molar-refractivity contribution is -0.128. The molecule has 3 nitrogen and oxygen atoms in total. The topological polar surface area (TPSA) is 37.4 Å². The highest BCUT2D eigenvalue weighted by Gasteiger charge is 2.44. The third-order valence-corrected chi connectivity index (χ3v) is 8.43. The van der Waals surface area contributed by atoms with Gasteiger partial charge in [-0.25, -0.2) is 0 Å². The molecule has 1 aliphatic rings. The second-order valence-corrected chi connectivity index (χ2v) is 9.56. The highest BCUT2D eigenvalue weighted by atomic mass is 31.2. The standard InChI is InChI=1S/C20H24NO2P/c1-16(2)20(21-15-9-14-19(21)22)24(23,17-10-5-3-6-11-17)18-12-7-4-8-13-18/h3-8,10-13,16,20H,9,14-15H2,1-2H3. The fourth-order valence-corrected chi connectivity index (χ4v) is 7.29. The minimum absolute atomic E-state index is 0.110. The minimum atomic E-state index is -2.97. The Kier molecular flexibility index (Phi) is 4.91. The maximum absolute atomic E-state index is 14.5. The molecule has 1 aliphatic heterocycles. The van der Waals surface area contributed by atoms with Gasteiger partial charge in [0.1, 0.15) is 0 Å². The van der Waals surface area contributed by atoms with Gasteiger partial charge in [0.25, 0.3) is 0 Å². The summed E-state index contributed by atoms with van der Waals surface area (Å²) in [5.74, 6) is -0.0589. The molecule has 0 bridgehead atoms. The van der Waals surface area contributed by atoms with Gasteiger partial charge in [-0.05, 0) is 12.3 Å². The highest BCUT2D eigenvalue weighted by molar-refractivity contribution is 7.79. The summed E-state index contributed by atoms with van der Waals surface area (Å²) < 4.78 is 14.5. The maximum Gasteiger partial charge on any atom is 0.223 e. The van der Waals surface area contributed by atoms with Crippen molar-refractivity contribution >= 4 is 23.7 Å². The maximum atomic E-state index is 14.5. The van der Waals surface area contributed by atoms with Crippen LogP contribution in [0.25, 0.3) is 0 Å². The molecule has 1 saturated heterocycles. The quantitative estimate of drug-likeness (QED) is 0.779. The third kappa shape index (κ3) is 2.93. The van der Waals surface area contributed by atoms with Gasteiger partial charge < -0.3 is 9.46 Å². The molecule has 0 spiro atoms. The zero-order valence-corrected chi connectivity index (χ0v) is 15.2. The number of carbonyl (C=O) groups is 1. The predicted octanol–water partition coefficient (Wildman–Crippen LogP) is 3.61. The molecule has 1 fully saturated rings. The van der Waals surface area contributed by atoms with Crippen molar-refractivity contribution < 1.29 is 9.36 Å². The van der Waals surface area contributed by atoms with Crippen molar-refractivity contribution in [3.05, 3.63) is 60.7 Å². The van der Waals surface area contributed by atoms with Crippen LogP contribution in [0.3, 0.4) is 0 Å². The number of hydrogen-bond acceptors (Lipinski definition) is 2. The second-order valence-electron chi connectivity index (χ2n) is 6.68. The van der Waals surface area contributed by atoms with Crippen molar-refractivity contribution in [2.45, 2.75) is 32.5 Å². The van der Waals surface area contributed by atoms with E-state index in [1.807, 2.05) is 65.6 Å². The van der Waals surface area contributed by atoms with E-state index in [1.54, 1.807) is 0 Å². The van der Waals surface area contributed by atoms with Gasteiger partial charge in [0, 0.05) is 23.6 Å². The molecule has 2 aromatic rings. The van der Waals surface area contributed by atoms with Crippen molar-refractivity contribution in [1.82, 2.24) is 4.90 Å². The number of rotatable bonds is 5. The van der Waals surface area contributed by atoms with Crippen molar-refractivity contribution in [3.8, 4) is 0 Å². The van der Waals surface area contributed by atoms with E-state index in [1.165, 1.54) is 0 Å². The Labute approximate surface area is 144 Å². The highest BCUT2D eigenvalue weighted by Crippen LogP contribution is 2.53. The van der Waals surface area contributed by atoms with Crippen LogP contribution < -0.4 is 10.6 Å². The smallest absolute Gasteiger partial charge is 0.223 e. The first-order valence-electron chi connectivity index (χ1n) is 8.55. The number of amides is 1. The molecule has 0 saturated carbocycles. The van der Waals surface area contributed by atoms with Crippen molar-refractivity contribution in [2.24, 2.45) is 5.92 Å². The van der Waals surface area contributed by atoms with Crippen LogP contribution in [0.4, 0.5) is 0 Å². The Morgan fingerprint density at radius 3 is 1.79 bits per heavy atom. The molecule has 1 atom stereocenters. The summed E-state index contributed by atoms with van der Waals surface area (Å²) in [5, 5.41) is 1.66. The van der Waals surface area contributed by atoms with Crippen LogP contribution in [0, 0.1) is 5.92 Å². The Balaban J connectivity index is 2.20. The van der Waals surface area contributed by atoms with Gasteiger partial charge in [0.2, 0.25) is 5.91 Å². The molecule has 3 rings (SSSR count). The third-order valence-electron chi connectivity index (χ3n) is 4.68. The number of carbonyl (C=O) groups excluding carboxylic acids is 1. The molecule has 1 amide bonds. The average Bonchev–Trinajstić information content (AvgIpc) is 3.02. The van der Waals surface area contributed by atoms with Gasteiger partial charge >= 0.3 is 0 Å². The summed E-state index contributed by atoms with van der Waals surface area (Å²) >= 11 is 0. The molecular formula is C20H24NO2P. The van der Waals surface area contributed by atoms with E-state index in [2.05, 4.69) is 13.8 Å². The lowest BCUT2D eigenvalue weighted by atomic mass is 10.2. The SMILES string of the molecule is CC(C)C(N1CCCC1=O)P(=O)(c1ccccc1)c1ccccc1. The Morgan fingerprint density at radius 2 is 1.42 bits per heavy atom. The Hall–Kier alpha value is -1.86. The van der Waals surface area contributed by atoms with E-state index in [4.69, 9.17) is 0 Å². The van der Waals surface area contributed by atoms with Gasteiger partial charge in [-0.15, -0.1) is 0 Å². The normalized spacial score (nSPS) is 16.6. The van der Waals surface area contributed by atoms with Gasteiger partial charge in [0.05, 0.1) is 5.78 Å². The Bertz CT molecular complexity index is 699. The molecule has 0 aliphatic carbocycles. The summed E-state index contributed by atoms with van der Waals surface area (Å²) in [4.78, 5) is 14.3. The lowest BCUT2D eigenvalue weighted by Crippen LogP contribution is -2.44. The Morgan fingerprint density at radius 1 is 0.917 bits per heavy atom. The predicted molar refractivity (Wildman–Crippen MR) is 99.3 cm³/mol. The molecular weight excluding hydrogens is 317 g/mol. The molecule has 0 radical (unpaired) electrons. The molecule has 1 unspecified atom stereocenters. The van der Waals surface area contributed by atoms with Crippen molar-refractivity contribution in [1.29, 1.82) is 0 Å². The van der Waals surface area contributed by atoms with Gasteiger partial charge in [-0.3, -0.25) is 4.79 Å². The van der Waals surface area contributed by atoms with E-state index in [-0.39, 0.29) is 17.6 Å². The van der Waals surface area contributed by atoms with Gasteiger partial charge in [-0.2, -0.15) is 0 Å². The first-order valence-corrected chi connectivity index (χ1v) is 10.3. The summed E-state index contributed by atoms with van der Waals surface area (Å²) in [7, 11) is -2.97. The summed E-state index contributed by atoms with van der Waals surface area (Å²) in [6.45, 7) is 4.83. The molecule has 126 valence electrons. The fourth-order valence-electron chi connectivity index (χ4n) is 3.68. The molecule has 1 heterocycles. The van der Waals surface area contributed by atoms with Crippen LogP contribution in [0.5, 0.6) is 0 Å².